The van der Waals surface area contributed by atoms with Crippen LogP contribution < -0.4 is 11.1 Å². The zero-order chi connectivity index (χ0) is 11.7. The van der Waals surface area contributed by atoms with E-state index in [1.165, 1.54) is 19.3 Å². The van der Waals surface area contributed by atoms with E-state index in [0.717, 1.165) is 6.54 Å². The molecule has 2 nitrogen and oxygen atoms in total. The zero-order valence-corrected chi connectivity index (χ0v) is 11.1. The molecule has 1 aliphatic carbocycles. The van der Waals surface area contributed by atoms with Crippen molar-refractivity contribution in [2.45, 2.75) is 65.5 Å². The van der Waals surface area contributed by atoms with Crippen molar-refractivity contribution in [1.29, 1.82) is 0 Å². The van der Waals surface area contributed by atoms with Crippen LogP contribution in [0, 0.1) is 11.3 Å². The molecule has 1 aliphatic rings. The molecular weight excluding hydrogens is 184 g/mol. The summed E-state index contributed by atoms with van der Waals surface area (Å²) in [6, 6.07) is 0.663. The predicted octanol–water partition coefficient (Wildman–Crippen LogP) is 2.53. The first-order valence-electron chi connectivity index (χ1n) is 6.27. The number of nitrogens with one attached hydrogen (secondary N) is 1. The first-order valence-corrected chi connectivity index (χ1v) is 6.27. The summed E-state index contributed by atoms with van der Waals surface area (Å²) in [5.74, 6) is 0.589. The molecule has 0 saturated heterocycles. The van der Waals surface area contributed by atoms with Gasteiger partial charge in [-0.1, -0.05) is 27.7 Å². The van der Waals surface area contributed by atoms with Gasteiger partial charge in [-0.2, -0.15) is 0 Å². The Bertz CT molecular complexity index is 211. The van der Waals surface area contributed by atoms with E-state index in [4.69, 9.17) is 5.73 Å². The van der Waals surface area contributed by atoms with Crippen molar-refractivity contribution in [3.05, 3.63) is 0 Å². The van der Waals surface area contributed by atoms with Crippen molar-refractivity contribution in [3.8, 4) is 0 Å². The molecule has 0 aromatic carbocycles. The summed E-state index contributed by atoms with van der Waals surface area (Å²) < 4.78 is 0. The second kappa shape index (κ2) is 4.42. The van der Waals surface area contributed by atoms with Gasteiger partial charge in [0.1, 0.15) is 0 Å². The quantitative estimate of drug-likeness (QED) is 0.751. The predicted molar refractivity (Wildman–Crippen MR) is 66.9 cm³/mol. The van der Waals surface area contributed by atoms with Gasteiger partial charge in [-0.3, -0.25) is 0 Å². The van der Waals surface area contributed by atoms with Gasteiger partial charge in [0.15, 0.2) is 0 Å². The number of hydrogen-bond acceptors (Lipinski definition) is 2. The van der Waals surface area contributed by atoms with E-state index in [-0.39, 0.29) is 5.54 Å². The van der Waals surface area contributed by atoms with Gasteiger partial charge in [-0.25, -0.2) is 0 Å². The first-order chi connectivity index (χ1) is 6.79. The van der Waals surface area contributed by atoms with Gasteiger partial charge in [-0.05, 0) is 37.5 Å². The molecule has 1 saturated carbocycles. The van der Waals surface area contributed by atoms with Gasteiger partial charge in [0.2, 0.25) is 0 Å². The zero-order valence-electron chi connectivity index (χ0n) is 11.1. The molecule has 0 spiro atoms. The fourth-order valence-corrected chi connectivity index (χ4v) is 2.49. The second-order valence-corrected chi connectivity index (χ2v) is 6.52. The Morgan fingerprint density at radius 1 is 1.47 bits per heavy atom. The minimum atomic E-state index is 0.102. The Morgan fingerprint density at radius 3 is 2.40 bits per heavy atom. The molecule has 2 unspecified atom stereocenters. The summed E-state index contributed by atoms with van der Waals surface area (Å²) in [6.45, 7) is 12.2. The van der Waals surface area contributed by atoms with E-state index in [2.05, 4.69) is 39.9 Å². The summed E-state index contributed by atoms with van der Waals surface area (Å²) in [7, 11) is 0. The van der Waals surface area contributed by atoms with E-state index < -0.39 is 0 Å². The fraction of sp³-hybridized carbons (Fsp3) is 1.00. The van der Waals surface area contributed by atoms with E-state index >= 15 is 0 Å². The third kappa shape index (κ3) is 3.18. The lowest BCUT2D eigenvalue weighted by atomic mass is 9.86. The van der Waals surface area contributed by atoms with E-state index in [0.29, 0.717) is 17.4 Å². The van der Waals surface area contributed by atoms with Crippen LogP contribution in [0.1, 0.15) is 53.9 Å². The van der Waals surface area contributed by atoms with Crippen molar-refractivity contribution < 1.29 is 0 Å². The van der Waals surface area contributed by atoms with Gasteiger partial charge in [0.05, 0.1) is 0 Å². The SMILES string of the molecule is CC(C)C(C)(CN)NC1CCC(C)(C)C1. The second-order valence-electron chi connectivity index (χ2n) is 6.52. The minimum absolute atomic E-state index is 0.102. The Kier molecular flexibility index (Phi) is 3.83. The third-order valence-corrected chi connectivity index (χ3v) is 4.20. The van der Waals surface area contributed by atoms with E-state index in [1.54, 1.807) is 0 Å². The Hall–Kier alpha value is -0.0800. The maximum Gasteiger partial charge on any atom is 0.0301 e. The molecule has 1 rings (SSSR count). The summed E-state index contributed by atoms with van der Waals surface area (Å²) in [4.78, 5) is 0. The highest BCUT2D eigenvalue weighted by Gasteiger charge is 2.36. The summed E-state index contributed by atoms with van der Waals surface area (Å²) in [5.41, 5.74) is 6.51. The molecule has 90 valence electrons. The monoisotopic (exact) mass is 212 g/mol. The fourth-order valence-electron chi connectivity index (χ4n) is 2.49. The number of hydrogen-bond donors (Lipinski definition) is 2. The van der Waals surface area contributed by atoms with Crippen LogP contribution in [0.5, 0.6) is 0 Å². The van der Waals surface area contributed by atoms with Crippen molar-refractivity contribution in [3.63, 3.8) is 0 Å². The highest BCUT2D eigenvalue weighted by atomic mass is 15.0. The van der Waals surface area contributed by atoms with Crippen LogP contribution in [0.25, 0.3) is 0 Å². The minimum Gasteiger partial charge on any atom is -0.329 e. The molecule has 0 aromatic heterocycles. The molecule has 15 heavy (non-hydrogen) atoms. The molecular formula is C13H28N2. The molecule has 0 bridgehead atoms. The third-order valence-electron chi connectivity index (χ3n) is 4.20. The average Bonchev–Trinajstić information content (AvgIpc) is 2.45. The Morgan fingerprint density at radius 2 is 2.07 bits per heavy atom. The summed E-state index contributed by atoms with van der Waals surface area (Å²) in [6.07, 6.45) is 3.92. The first kappa shape index (κ1) is 13.0. The van der Waals surface area contributed by atoms with Gasteiger partial charge in [-0.15, -0.1) is 0 Å². The number of nitrogens with two attached hydrogens (primary N) is 1. The molecule has 0 aliphatic heterocycles. The lowest BCUT2D eigenvalue weighted by molar-refractivity contribution is 0.231. The molecule has 1 fully saturated rings. The van der Waals surface area contributed by atoms with E-state index in [9.17, 15) is 0 Å². The largest absolute Gasteiger partial charge is 0.329 e. The molecule has 0 amide bonds. The standard InChI is InChI=1S/C13H28N2/c1-10(2)13(5,9-14)15-11-6-7-12(3,4)8-11/h10-11,15H,6-9,14H2,1-5H3. The highest BCUT2D eigenvalue weighted by Crippen LogP contribution is 2.38. The average molecular weight is 212 g/mol. The summed E-state index contributed by atoms with van der Waals surface area (Å²) >= 11 is 0. The van der Waals surface area contributed by atoms with Crippen molar-refractivity contribution >= 4 is 0 Å². The molecule has 2 heteroatoms. The van der Waals surface area contributed by atoms with Crippen molar-refractivity contribution in [1.82, 2.24) is 5.32 Å². The van der Waals surface area contributed by atoms with Gasteiger partial charge in [0.25, 0.3) is 0 Å². The molecule has 0 heterocycles. The lowest BCUT2D eigenvalue weighted by Gasteiger charge is -2.37. The maximum atomic E-state index is 5.89. The molecule has 0 radical (unpaired) electrons. The summed E-state index contributed by atoms with van der Waals surface area (Å²) in [5, 5.41) is 3.77. The van der Waals surface area contributed by atoms with Crippen LogP contribution >= 0.6 is 0 Å². The van der Waals surface area contributed by atoms with Gasteiger partial charge < -0.3 is 11.1 Å². The van der Waals surface area contributed by atoms with Crippen molar-refractivity contribution in [2.75, 3.05) is 6.54 Å². The Balaban J connectivity index is 2.54. The van der Waals surface area contributed by atoms with Gasteiger partial charge in [0, 0.05) is 18.1 Å². The smallest absolute Gasteiger partial charge is 0.0301 e. The van der Waals surface area contributed by atoms with Crippen LogP contribution in [0.2, 0.25) is 0 Å². The molecule has 2 atom stereocenters. The lowest BCUT2D eigenvalue weighted by Crippen LogP contribution is -2.56. The highest BCUT2D eigenvalue weighted by molar-refractivity contribution is 4.95. The van der Waals surface area contributed by atoms with Gasteiger partial charge >= 0.3 is 0 Å². The Labute approximate surface area is 95.0 Å². The number of rotatable bonds is 4. The molecule has 3 N–H and O–H groups in total. The van der Waals surface area contributed by atoms with E-state index in [1.807, 2.05) is 0 Å². The van der Waals surface area contributed by atoms with Crippen LogP contribution in [0.4, 0.5) is 0 Å². The van der Waals surface area contributed by atoms with Crippen LogP contribution in [-0.2, 0) is 0 Å². The van der Waals surface area contributed by atoms with Crippen LogP contribution in [0.15, 0.2) is 0 Å². The van der Waals surface area contributed by atoms with Crippen LogP contribution in [0.3, 0.4) is 0 Å². The maximum absolute atomic E-state index is 5.89. The molecule has 0 aromatic rings. The van der Waals surface area contributed by atoms with Crippen LogP contribution in [-0.4, -0.2) is 18.1 Å². The van der Waals surface area contributed by atoms with Crippen molar-refractivity contribution in [2.24, 2.45) is 17.1 Å². The topological polar surface area (TPSA) is 38.0 Å². The normalized spacial score (nSPS) is 29.4.